The number of rotatable bonds is 5. The number of nitrogens with one attached hydrogen (secondary N) is 1. The third kappa shape index (κ3) is 3.44. The van der Waals surface area contributed by atoms with Crippen molar-refractivity contribution in [1.29, 1.82) is 0 Å². The first-order chi connectivity index (χ1) is 9.63. The Morgan fingerprint density at radius 2 is 1.70 bits per heavy atom. The molecule has 0 saturated carbocycles. The van der Waals surface area contributed by atoms with Crippen molar-refractivity contribution >= 4 is 15.9 Å². The van der Waals surface area contributed by atoms with Gasteiger partial charge in [-0.05, 0) is 37.2 Å². The van der Waals surface area contributed by atoms with Crippen molar-refractivity contribution in [1.82, 2.24) is 5.32 Å². The summed E-state index contributed by atoms with van der Waals surface area (Å²) in [5, 5.41) is 3.09. The minimum Gasteiger partial charge on any atom is -0.319 e. The van der Waals surface area contributed by atoms with Crippen molar-refractivity contribution in [2.75, 3.05) is 13.6 Å². The molecule has 0 aliphatic heterocycles. The largest absolute Gasteiger partial charge is 0.319 e. The van der Waals surface area contributed by atoms with Crippen LogP contribution in [0.3, 0.4) is 0 Å². The van der Waals surface area contributed by atoms with Gasteiger partial charge in [0.2, 0.25) is 0 Å². The molecule has 20 heavy (non-hydrogen) atoms. The number of hydrogen-bond donors (Lipinski definition) is 1. The Labute approximate surface area is 126 Å². The number of halogens is 3. The van der Waals surface area contributed by atoms with Gasteiger partial charge in [-0.25, -0.2) is 8.78 Å². The molecule has 2 aromatic carbocycles. The standard InChI is InChI=1S/C16H16BrF2N/c1-20-10-11(12-5-2-3-6-14(12)17)9-13-15(18)7-4-8-16(13)19/h2-8,11,20H,9-10H2,1H3. The van der Waals surface area contributed by atoms with E-state index in [-0.39, 0.29) is 11.5 Å². The molecule has 2 aromatic rings. The number of benzene rings is 2. The Morgan fingerprint density at radius 1 is 1.05 bits per heavy atom. The summed E-state index contributed by atoms with van der Waals surface area (Å²) in [5.41, 5.74) is 1.19. The smallest absolute Gasteiger partial charge is 0.129 e. The monoisotopic (exact) mass is 339 g/mol. The van der Waals surface area contributed by atoms with E-state index < -0.39 is 11.6 Å². The Kier molecular flexibility index (Phi) is 5.26. The number of hydrogen-bond acceptors (Lipinski definition) is 1. The van der Waals surface area contributed by atoms with Crippen LogP contribution in [-0.4, -0.2) is 13.6 Å². The molecule has 0 bridgehead atoms. The lowest BCUT2D eigenvalue weighted by molar-refractivity contribution is 0.528. The van der Waals surface area contributed by atoms with Gasteiger partial charge in [-0.15, -0.1) is 0 Å². The fourth-order valence-corrected chi connectivity index (χ4v) is 2.93. The van der Waals surface area contributed by atoms with Gasteiger partial charge in [0, 0.05) is 22.5 Å². The summed E-state index contributed by atoms with van der Waals surface area (Å²) in [4.78, 5) is 0. The van der Waals surface area contributed by atoms with Crippen molar-refractivity contribution in [2.45, 2.75) is 12.3 Å². The normalized spacial score (nSPS) is 12.4. The molecule has 0 aromatic heterocycles. The van der Waals surface area contributed by atoms with E-state index >= 15 is 0 Å². The van der Waals surface area contributed by atoms with Gasteiger partial charge in [-0.3, -0.25) is 0 Å². The van der Waals surface area contributed by atoms with Crippen LogP contribution < -0.4 is 5.32 Å². The van der Waals surface area contributed by atoms with Crippen LogP contribution in [0.4, 0.5) is 8.78 Å². The fourth-order valence-electron chi connectivity index (χ4n) is 2.32. The average Bonchev–Trinajstić information content (AvgIpc) is 2.43. The predicted molar refractivity (Wildman–Crippen MR) is 80.9 cm³/mol. The maximum atomic E-state index is 13.8. The zero-order valence-electron chi connectivity index (χ0n) is 11.2. The van der Waals surface area contributed by atoms with E-state index in [1.165, 1.54) is 18.2 Å². The minimum absolute atomic E-state index is 0.00183. The average molecular weight is 340 g/mol. The van der Waals surface area contributed by atoms with Crippen LogP contribution in [-0.2, 0) is 6.42 Å². The molecule has 4 heteroatoms. The molecule has 0 aliphatic rings. The topological polar surface area (TPSA) is 12.0 Å². The highest BCUT2D eigenvalue weighted by Crippen LogP contribution is 2.29. The molecule has 0 aliphatic carbocycles. The SMILES string of the molecule is CNCC(Cc1c(F)cccc1F)c1ccccc1Br. The molecule has 0 saturated heterocycles. The van der Waals surface area contributed by atoms with Crippen LogP contribution in [0.1, 0.15) is 17.0 Å². The lowest BCUT2D eigenvalue weighted by Crippen LogP contribution is -2.20. The van der Waals surface area contributed by atoms with Gasteiger partial charge in [0.25, 0.3) is 0 Å². The molecule has 0 radical (unpaired) electrons. The van der Waals surface area contributed by atoms with Crippen LogP contribution in [0.25, 0.3) is 0 Å². The Hall–Kier alpha value is -1.26. The predicted octanol–water partition coefficient (Wildman–Crippen LogP) is 4.27. The summed E-state index contributed by atoms with van der Waals surface area (Å²) in [6, 6.07) is 11.8. The minimum atomic E-state index is -0.488. The summed E-state index contributed by atoms with van der Waals surface area (Å²) >= 11 is 3.50. The lowest BCUT2D eigenvalue weighted by atomic mass is 9.91. The quantitative estimate of drug-likeness (QED) is 0.857. The van der Waals surface area contributed by atoms with E-state index in [1.807, 2.05) is 31.3 Å². The molecule has 106 valence electrons. The second kappa shape index (κ2) is 6.95. The van der Waals surface area contributed by atoms with E-state index in [0.29, 0.717) is 13.0 Å². The zero-order chi connectivity index (χ0) is 14.5. The summed E-state index contributed by atoms with van der Waals surface area (Å²) in [7, 11) is 1.83. The molecule has 1 unspecified atom stereocenters. The molecule has 0 heterocycles. The van der Waals surface area contributed by atoms with Crippen molar-refractivity contribution in [3.8, 4) is 0 Å². The van der Waals surface area contributed by atoms with Crippen LogP contribution in [0.2, 0.25) is 0 Å². The molecule has 2 rings (SSSR count). The van der Waals surface area contributed by atoms with Gasteiger partial charge in [-0.2, -0.15) is 0 Å². The highest BCUT2D eigenvalue weighted by Gasteiger charge is 2.18. The Bertz CT molecular complexity index is 566. The first-order valence-electron chi connectivity index (χ1n) is 6.45. The zero-order valence-corrected chi connectivity index (χ0v) is 12.8. The Morgan fingerprint density at radius 3 is 2.30 bits per heavy atom. The molecule has 0 spiro atoms. The van der Waals surface area contributed by atoms with Gasteiger partial charge in [-0.1, -0.05) is 40.2 Å². The molecule has 1 nitrogen and oxygen atoms in total. The molecular weight excluding hydrogens is 324 g/mol. The molecule has 0 amide bonds. The van der Waals surface area contributed by atoms with Gasteiger partial charge in [0.15, 0.2) is 0 Å². The van der Waals surface area contributed by atoms with E-state index in [1.54, 1.807) is 0 Å². The highest BCUT2D eigenvalue weighted by atomic mass is 79.9. The maximum absolute atomic E-state index is 13.8. The highest BCUT2D eigenvalue weighted by molar-refractivity contribution is 9.10. The third-order valence-corrected chi connectivity index (χ3v) is 4.03. The van der Waals surface area contributed by atoms with Gasteiger partial charge in [0.05, 0.1) is 0 Å². The summed E-state index contributed by atoms with van der Waals surface area (Å²) in [5.74, 6) is -0.974. The van der Waals surface area contributed by atoms with Crippen molar-refractivity contribution in [2.24, 2.45) is 0 Å². The van der Waals surface area contributed by atoms with Gasteiger partial charge >= 0.3 is 0 Å². The lowest BCUT2D eigenvalue weighted by Gasteiger charge is -2.19. The molecule has 1 atom stereocenters. The number of likely N-dealkylation sites (N-methyl/N-ethyl adjacent to an activating group) is 1. The van der Waals surface area contributed by atoms with Crippen LogP contribution in [0.5, 0.6) is 0 Å². The summed E-state index contributed by atoms with van der Waals surface area (Å²) < 4.78 is 28.5. The molecule has 0 fully saturated rings. The molecule has 1 N–H and O–H groups in total. The van der Waals surface area contributed by atoms with E-state index in [4.69, 9.17) is 0 Å². The second-order valence-electron chi connectivity index (χ2n) is 4.68. The maximum Gasteiger partial charge on any atom is 0.129 e. The Balaban J connectivity index is 2.33. The third-order valence-electron chi connectivity index (χ3n) is 3.31. The van der Waals surface area contributed by atoms with Crippen LogP contribution in [0.15, 0.2) is 46.9 Å². The summed E-state index contributed by atoms with van der Waals surface area (Å²) in [6.45, 7) is 0.649. The first-order valence-corrected chi connectivity index (χ1v) is 7.24. The second-order valence-corrected chi connectivity index (χ2v) is 5.53. The van der Waals surface area contributed by atoms with Gasteiger partial charge in [0.1, 0.15) is 11.6 Å². The fraction of sp³-hybridized carbons (Fsp3) is 0.250. The van der Waals surface area contributed by atoms with Crippen LogP contribution >= 0.6 is 15.9 Å². The van der Waals surface area contributed by atoms with Gasteiger partial charge < -0.3 is 5.32 Å². The first kappa shape index (κ1) is 15.1. The van der Waals surface area contributed by atoms with Crippen molar-refractivity contribution < 1.29 is 8.78 Å². The van der Waals surface area contributed by atoms with E-state index in [2.05, 4.69) is 21.2 Å². The van der Waals surface area contributed by atoms with E-state index in [9.17, 15) is 8.78 Å². The van der Waals surface area contributed by atoms with Crippen LogP contribution in [0, 0.1) is 11.6 Å². The molecular formula is C16H16BrF2N. The summed E-state index contributed by atoms with van der Waals surface area (Å²) in [6.07, 6.45) is 0.321. The van der Waals surface area contributed by atoms with Crippen molar-refractivity contribution in [3.05, 3.63) is 69.7 Å². The van der Waals surface area contributed by atoms with E-state index in [0.717, 1.165) is 10.0 Å². The van der Waals surface area contributed by atoms with Crippen molar-refractivity contribution in [3.63, 3.8) is 0 Å².